The van der Waals surface area contributed by atoms with E-state index in [2.05, 4.69) is 28.6 Å². The number of rotatable bonds is 2. The number of fused-ring (bicyclic) bond motifs is 3. The van der Waals surface area contributed by atoms with E-state index in [1.54, 1.807) is 13.3 Å². The topological polar surface area (TPSA) is 37.8 Å². The summed E-state index contributed by atoms with van der Waals surface area (Å²) in [6, 6.07) is 2.92. The Balaban J connectivity index is 1.83. The summed E-state index contributed by atoms with van der Waals surface area (Å²) in [6.45, 7) is 8.36. The van der Waals surface area contributed by atoms with Crippen LogP contribution in [0.4, 0.5) is 5.82 Å². The van der Waals surface area contributed by atoms with Gasteiger partial charge in [0.25, 0.3) is 0 Å². The quantitative estimate of drug-likeness (QED) is 0.806. The molecule has 104 valence electrons. The molecule has 19 heavy (non-hydrogen) atoms. The third kappa shape index (κ3) is 2.23. The van der Waals surface area contributed by atoms with E-state index in [9.17, 15) is 0 Å². The van der Waals surface area contributed by atoms with E-state index in [1.165, 1.54) is 0 Å². The highest BCUT2D eigenvalue weighted by atomic mass is 16.5. The van der Waals surface area contributed by atoms with Crippen LogP contribution in [-0.4, -0.2) is 55.3 Å². The second kappa shape index (κ2) is 4.89. The number of methoxy groups -OCH3 is 1. The predicted molar refractivity (Wildman–Crippen MR) is 74.1 cm³/mol. The molecule has 1 saturated heterocycles. The number of anilines is 1. The molecule has 1 atom stereocenters. The van der Waals surface area contributed by atoms with Gasteiger partial charge in [0.15, 0.2) is 11.6 Å². The zero-order chi connectivity index (χ0) is 13.4. The SMILES string of the molecule is COc1cnc2c(c1)OCC1CN(C(C)C)CCN21. The van der Waals surface area contributed by atoms with Crippen LogP contribution in [-0.2, 0) is 0 Å². The Labute approximate surface area is 114 Å². The average Bonchev–Trinajstić information content (AvgIpc) is 2.45. The summed E-state index contributed by atoms with van der Waals surface area (Å²) < 4.78 is 11.0. The minimum atomic E-state index is 0.407. The fraction of sp³-hybridized carbons (Fsp3) is 0.643. The van der Waals surface area contributed by atoms with Crippen molar-refractivity contribution in [2.75, 3.05) is 38.3 Å². The minimum absolute atomic E-state index is 0.407. The Morgan fingerprint density at radius 3 is 3.00 bits per heavy atom. The number of pyridine rings is 1. The normalized spacial score (nSPS) is 22.7. The van der Waals surface area contributed by atoms with E-state index in [-0.39, 0.29) is 0 Å². The van der Waals surface area contributed by atoms with Crippen molar-refractivity contribution >= 4 is 5.82 Å². The molecule has 1 aromatic heterocycles. The molecule has 1 fully saturated rings. The lowest BCUT2D eigenvalue weighted by Crippen LogP contribution is -2.58. The molecule has 3 rings (SSSR count). The predicted octanol–water partition coefficient (Wildman–Crippen LogP) is 1.38. The van der Waals surface area contributed by atoms with Crippen molar-refractivity contribution in [1.82, 2.24) is 9.88 Å². The second-order valence-corrected chi connectivity index (χ2v) is 5.44. The molecule has 1 aromatic rings. The van der Waals surface area contributed by atoms with Gasteiger partial charge in [0.1, 0.15) is 12.4 Å². The van der Waals surface area contributed by atoms with Gasteiger partial charge in [-0.1, -0.05) is 0 Å². The van der Waals surface area contributed by atoms with Crippen molar-refractivity contribution in [3.63, 3.8) is 0 Å². The summed E-state index contributed by atoms with van der Waals surface area (Å²) in [5.74, 6) is 2.55. The monoisotopic (exact) mass is 263 g/mol. The van der Waals surface area contributed by atoms with Crippen LogP contribution in [0.5, 0.6) is 11.5 Å². The molecule has 2 aliphatic heterocycles. The molecule has 0 N–H and O–H groups in total. The van der Waals surface area contributed by atoms with Gasteiger partial charge >= 0.3 is 0 Å². The van der Waals surface area contributed by atoms with Crippen LogP contribution in [0.2, 0.25) is 0 Å². The summed E-state index contributed by atoms with van der Waals surface area (Å²) in [5.41, 5.74) is 0. The lowest BCUT2D eigenvalue weighted by molar-refractivity contribution is 0.140. The summed E-state index contributed by atoms with van der Waals surface area (Å²) in [7, 11) is 1.65. The first kappa shape index (κ1) is 12.5. The van der Waals surface area contributed by atoms with Gasteiger partial charge in [0.2, 0.25) is 0 Å². The zero-order valence-corrected chi connectivity index (χ0v) is 11.8. The van der Waals surface area contributed by atoms with Gasteiger partial charge in [-0.05, 0) is 13.8 Å². The highest BCUT2D eigenvalue weighted by molar-refractivity contribution is 5.57. The van der Waals surface area contributed by atoms with Crippen molar-refractivity contribution < 1.29 is 9.47 Å². The maximum atomic E-state index is 5.85. The van der Waals surface area contributed by atoms with Gasteiger partial charge in [-0.15, -0.1) is 0 Å². The lowest BCUT2D eigenvalue weighted by atomic mass is 10.1. The van der Waals surface area contributed by atoms with E-state index < -0.39 is 0 Å². The summed E-state index contributed by atoms with van der Waals surface area (Å²) in [6.07, 6.45) is 1.76. The van der Waals surface area contributed by atoms with Gasteiger partial charge in [-0.2, -0.15) is 0 Å². The third-order valence-corrected chi connectivity index (χ3v) is 3.99. The molecule has 1 unspecified atom stereocenters. The standard InChI is InChI=1S/C14H21N3O2/c1-10(2)16-4-5-17-11(8-16)9-19-13-6-12(18-3)7-15-14(13)17/h6-7,10-11H,4-5,8-9H2,1-3H3. The van der Waals surface area contributed by atoms with Crippen LogP contribution >= 0.6 is 0 Å². The third-order valence-electron chi connectivity index (χ3n) is 3.99. The maximum Gasteiger partial charge on any atom is 0.172 e. The van der Waals surface area contributed by atoms with Gasteiger partial charge in [-0.25, -0.2) is 4.98 Å². The first-order chi connectivity index (χ1) is 9.19. The van der Waals surface area contributed by atoms with E-state index in [4.69, 9.17) is 9.47 Å². The van der Waals surface area contributed by atoms with Crippen molar-refractivity contribution in [2.45, 2.75) is 25.9 Å². The van der Waals surface area contributed by atoms with Gasteiger partial charge < -0.3 is 14.4 Å². The largest absolute Gasteiger partial charge is 0.495 e. The smallest absolute Gasteiger partial charge is 0.172 e. The lowest BCUT2D eigenvalue weighted by Gasteiger charge is -2.46. The van der Waals surface area contributed by atoms with E-state index >= 15 is 0 Å². The van der Waals surface area contributed by atoms with Crippen molar-refractivity contribution in [3.05, 3.63) is 12.3 Å². The number of piperazine rings is 1. The average molecular weight is 263 g/mol. The first-order valence-corrected chi connectivity index (χ1v) is 6.86. The number of ether oxygens (including phenoxy) is 2. The molecule has 0 spiro atoms. The molecule has 0 aromatic carbocycles. The van der Waals surface area contributed by atoms with Gasteiger partial charge in [-0.3, -0.25) is 4.90 Å². The first-order valence-electron chi connectivity index (χ1n) is 6.86. The van der Waals surface area contributed by atoms with Crippen molar-refractivity contribution in [1.29, 1.82) is 0 Å². The molecule has 5 heteroatoms. The molecular formula is C14H21N3O2. The number of nitrogens with zero attached hydrogens (tertiary/aromatic N) is 3. The minimum Gasteiger partial charge on any atom is -0.495 e. The molecule has 5 nitrogen and oxygen atoms in total. The fourth-order valence-corrected chi connectivity index (χ4v) is 2.81. The highest BCUT2D eigenvalue weighted by Crippen LogP contribution is 2.35. The molecule has 0 aliphatic carbocycles. The maximum absolute atomic E-state index is 5.85. The zero-order valence-electron chi connectivity index (χ0n) is 11.8. The molecule has 2 aliphatic rings. The van der Waals surface area contributed by atoms with Crippen LogP contribution < -0.4 is 14.4 Å². The molecule has 0 saturated carbocycles. The van der Waals surface area contributed by atoms with Crippen molar-refractivity contribution in [3.8, 4) is 11.5 Å². The van der Waals surface area contributed by atoms with E-state index in [1.807, 2.05) is 6.07 Å². The molecule has 0 amide bonds. The van der Waals surface area contributed by atoms with Gasteiger partial charge in [0, 0.05) is 31.7 Å². The Kier molecular flexibility index (Phi) is 3.22. The Morgan fingerprint density at radius 1 is 1.42 bits per heavy atom. The van der Waals surface area contributed by atoms with Crippen LogP contribution in [0.15, 0.2) is 12.3 Å². The Morgan fingerprint density at radius 2 is 2.26 bits per heavy atom. The number of aromatic nitrogens is 1. The molecular weight excluding hydrogens is 242 g/mol. The molecule has 0 radical (unpaired) electrons. The van der Waals surface area contributed by atoms with Crippen LogP contribution in [0.25, 0.3) is 0 Å². The highest BCUT2D eigenvalue weighted by Gasteiger charge is 2.34. The van der Waals surface area contributed by atoms with E-state index in [0.29, 0.717) is 12.1 Å². The Hall–Kier alpha value is -1.49. The fourth-order valence-electron chi connectivity index (χ4n) is 2.81. The molecule has 3 heterocycles. The van der Waals surface area contributed by atoms with Crippen LogP contribution in [0, 0.1) is 0 Å². The van der Waals surface area contributed by atoms with Gasteiger partial charge in [0.05, 0.1) is 19.3 Å². The summed E-state index contributed by atoms with van der Waals surface area (Å²) >= 11 is 0. The second-order valence-electron chi connectivity index (χ2n) is 5.44. The molecule has 0 bridgehead atoms. The van der Waals surface area contributed by atoms with Crippen molar-refractivity contribution in [2.24, 2.45) is 0 Å². The van der Waals surface area contributed by atoms with Crippen LogP contribution in [0.1, 0.15) is 13.8 Å². The number of hydrogen-bond donors (Lipinski definition) is 0. The van der Waals surface area contributed by atoms with E-state index in [0.717, 1.165) is 43.6 Å². The Bertz CT molecular complexity index is 464. The number of hydrogen-bond acceptors (Lipinski definition) is 5. The summed E-state index contributed by atoms with van der Waals surface area (Å²) in [5, 5.41) is 0. The van der Waals surface area contributed by atoms with Crippen LogP contribution in [0.3, 0.4) is 0 Å². The summed E-state index contributed by atoms with van der Waals surface area (Å²) in [4.78, 5) is 9.37.